The maximum Gasteiger partial charge on any atom is 0.387 e. The molecule has 1 heterocycles. The Balaban J connectivity index is 1.78. The van der Waals surface area contributed by atoms with Gasteiger partial charge in [0.1, 0.15) is 5.01 Å². The maximum absolute atomic E-state index is 12.5. The molecule has 0 radical (unpaired) electrons. The van der Waals surface area contributed by atoms with Crippen LogP contribution in [0, 0.1) is 10.1 Å². The van der Waals surface area contributed by atoms with E-state index in [2.05, 4.69) is 20.3 Å². The molecule has 0 spiro atoms. The molecule has 1 fully saturated rings. The second-order valence-corrected chi connectivity index (χ2v) is 6.75. The van der Waals surface area contributed by atoms with Crippen molar-refractivity contribution in [2.45, 2.75) is 25.4 Å². The van der Waals surface area contributed by atoms with Crippen LogP contribution in [0.25, 0.3) is 6.08 Å². The molecule has 0 bridgehead atoms. The average molecular weight is 412 g/mol. The van der Waals surface area contributed by atoms with Crippen molar-refractivity contribution < 1.29 is 28.0 Å². The van der Waals surface area contributed by atoms with E-state index in [0.29, 0.717) is 11.0 Å². The summed E-state index contributed by atoms with van der Waals surface area (Å²) in [7, 11) is 1.20. The van der Waals surface area contributed by atoms with Gasteiger partial charge in [0, 0.05) is 12.0 Å². The smallest absolute Gasteiger partial charge is 0.387 e. The minimum absolute atomic E-state index is 0.0189. The Morgan fingerprint density at radius 2 is 2.14 bits per heavy atom. The quantitative estimate of drug-likeness (QED) is 0.400. The summed E-state index contributed by atoms with van der Waals surface area (Å²) in [5.41, 5.74) is -0.540. The SMILES string of the molecule is COc1cc(/C=C/C(=O)Nc2nnc(C3CC3)s2)c([N+](=O)[O-])cc1OC(F)F. The van der Waals surface area contributed by atoms with Crippen molar-refractivity contribution in [2.75, 3.05) is 12.4 Å². The Morgan fingerprint density at radius 1 is 1.39 bits per heavy atom. The molecule has 1 aromatic heterocycles. The number of benzene rings is 1. The number of amides is 1. The summed E-state index contributed by atoms with van der Waals surface area (Å²) in [5, 5.41) is 22.8. The van der Waals surface area contributed by atoms with E-state index >= 15 is 0 Å². The topological polar surface area (TPSA) is 116 Å². The standard InChI is InChI=1S/C16H14F2N4O5S/c1-26-11-6-9(10(22(24)25)7-12(11)27-15(17)18)4-5-13(23)19-16-21-20-14(28-16)8-2-3-8/h4-8,15H,2-3H2,1H3,(H,19,21,23)/b5-4+. The van der Waals surface area contributed by atoms with Crippen LogP contribution in [0.2, 0.25) is 0 Å². The van der Waals surface area contributed by atoms with Crippen molar-refractivity contribution in [2.24, 2.45) is 0 Å². The average Bonchev–Trinajstić information content (AvgIpc) is 3.39. The number of halogens is 2. The van der Waals surface area contributed by atoms with Crippen molar-refractivity contribution >= 4 is 34.1 Å². The molecule has 12 heteroatoms. The molecular formula is C16H14F2N4O5S. The van der Waals surface area contributed by atoms with Gasteiger partial charge in [-0.05, 0) is 25.0 Å². The third-order valence-electron chi connectivity index (χ3n) is 3.74. The lowest BCUT2D eigenvalue weighted by Crippen LogP contribution is -2.07. The summed E-state index contributed by atoms with van der Waals surface area (Å²) < 4.78 is 34.1. The molecule has 9 nitrogen and oxygen atoms in total. The number of aromatic nitrogens is 2. The van der Waals surface area contributed by atoms with E-state index in [0.717, 1.165) is 36.1 Å². The van der Waals surface area contributed by atoms with Gasteiger partial charge in [0.2, 0.25) is 11.0 Å². The molecule has 2 aromatic rings. The third-order valence-corrected chi connectivity index (χ3v) is 4.74. The lowest BCUT2D eigenvalue weighted by atomic mass is 10.1. The van der Waals surface area contributed by atoms with Crippen LogP contribution in [0.15, 0.2) is 18.2 Å². The van der Waals surface area contributed by atoms with E-state index in [1.54, 1.807) is 0 Å². The first-order valence-corrected chi connectivity index (χ1v) is 8.82. The number of nitrogens with zero attached hydrogens (tertiary/aromatic N) is 3. The molecular weight excluding hydrogens is 398 g/mol. The van der Waals surface area contributed by atoms with Gasteiger partial charge in [0.25, 0.3) is 5.69 Å². The van der Waals surface area contributed by atoms with E-state index < -0.39 is 28.9 Å². The van der Waals surface area contributed by atoms with Gasteiger partial charge >= 0.3 is 6.61 Å². The number of hydrogen-bond donors (Lipinski definition) is 1. The number of alkyl halides is 2. The number of nitro benzene ring substituents is 1. The van der Waals surface area contributed by atoms with E-state index in [9.17, 15) is 23.7 Å². The molecule has 0 atom stereocenters. The molecule has 1 amide bonds. The monoisotopic (exact) mass is 412 g/mol. The van der Waals surface area contributed by atoms with E-state index in [1.165, 1.54) is 24.5 Å². The fraction of sp³-hybridized carbons (Fsp3) is 0.312. The predicted molar refractivity (Wildman–Crippen MR) is 95.8 cm³/mol. The zero-order valence-electron chi connectivity index (χ0n) is 14.4. The summed E-state index contributed by atoms with van der Waals surface area (Å²) in [4.78, 5) is 22.5. The van der Waals surface area contributed by atoms with Crippen molar-refractivity contribution in [3.63, 3.8) is 0 Å². The Morgan fingerprint density at radius 3 is 2.75 bits per heavy atom. The van der Waals surface area contributed by atoms with Crippen LogP contribution in [0.3, 0.4) is 0 Å². The van der Waals surface area contributed by atoms with Crippen molar-refractivity contribution in [1.82, 2.24) is 10.2 Å². The largest absolute Gasteiger partial charge is 0.493 e. The minimum Gasteiger partial charge on any atom is -0.493 e. The molecule has 1 aromatic carbocycles. The number of ether oxygens (including phenoxy) is 2. The highest BCUT2D eigenvalue weighted by Gasteiger charge is 2.27. The number of nitro groups is 1. The number of carbonyl (C=O) groups is 1. The van der Waals surface area contributed by atoms with Crippen LogP contribution in [0.4, 0.5) is 19.6 Å². The number of rotatable bonds is 8. The van der Waals surface area contributed by atoms with Crippen LogP contribution in [-0.4, -0.2) is 34.7 Å². The highest BCUT2D eigenvalue weighted by Crippen LogP contribution is 2.42. The molecule has 1 aliphatic carbocycles. The van der Waals surface area contributed by atoms with Crippen LogP contribution >= 0.6 is 11.3 Å². The van der Waals surface area contributed by atoms with Gasteiger partial charge in [-0.25, -0.2) is 0 Å². The number of methoxy groups -OCH3 is 1. The Kier molecular flexibility index (Phi) is 5.78. The van der Waals surface area contributed by atoms with Gasteiger partial charge in [-0.15, -0.1) is 10.2 Å². The molecule has 148 valence electrons. The van der Waals surface area contributed by atoms with Crippen LogP contribution in [0.5, 0.6) is 11.5 Å². The number of carbonyl (C=O) groups excluding carboxylic acids is 1. The maximum atomic E-state index is 12.5. The van der Waals surface area contributed by atoms with Crippen LogP contribution < -0.4 is 14.8 Å². The summed E-state index contributed by atoms with van der Waals surface area (Å²) in [6.45, 7) is -3.17. The molecule has 1 saturated carbocycles. The molecule has 3 rings (SSSR count). The Bertz CT molecular complexity index is 930. The zero-order chi connectivity index (χ0) is 20.3. The Hall–Kier alpha value is -3.15. The molecule has 1 N–H and O–H groups in total. The highest BCUT2D eigenvalue weighted by molar-refractivity contribution is 7.15. The van der Waals surface area contributed by atoms with Crippen molar-refractivity contribution in [3.8, 4) is 11.5 Å². The van der Waals surface area contributed by atoms with Crippen molar-refractivity contribution in [1.29, 1.82) is 0 Å². The summed E-state index contributed by atoms with van der Waals surface area (Å²) in [6, 6.07) is 1.95. The highest BCUT2D eigenvalue weighted by atomic mass is 32.1. The first-order valence-electron chi connectivity index (χ1n) is 8.01. The molecule has 0 aliphatic heterocycles. The van der Waals surface area contributed by atoms with Gasteiger partial charge < -0.3 is 9.47 Å². The summed E-state index contributed by atoms with van der Waals surface area (Å²) in [5.74, 6) is -0.779. The van der Waals surface area contributed by atoms with E-state index in [-0.39, 0.29) is 11.3 Å². The van der Waals surface area contributed by atoms with Crippen LogP contribution in [0.1, 0.15) is 29.3 Å². The van der Waals surface area contributed by atoms with Crippen LogP contribution in [-0.2, 0) is 4.79 Å². The first kappa shape index (κ1) is 19.6. The molecule has 28 heavy (non-hydrogen) atoms. The summed E-state index contributed by atoms with van der Waals surface area (Å²) in [6.07, 6.45) is 4.34. The van der Waals surface area contributed by atoms with Gasteiger partial charge in [0.15, 0.2) is 11.5 Å². The van der Waals surface area contributed by atoms with E-state index in [4.69, 9.17) is 4.74 Å². The second kappa shape index (κ2) is 8.25. The number of anilines is 1. The third kappa shape index (κ3) is 4.76. The lowest BCUT2D eigenvalue weighted by Gasteiger charge is -2.10. The van der Waals surface area contributed by atoms with Crippen molar-refractivity contribution in [3.05, 3.63) is 38.9 Å². The summed E-state index contributed by atoms with van der Waals surface area (Å²) >= 11 is 1.27. The van der Waals surface area contributed by atoms with Gasteiger partial charge in [-0.2, -0.15) is 8.78 Å². The zero-order valence-corrected chi connectivity index (χ0v) is 15.2. The second-order valence-electron chi connectivity index (χ2n) is 5.74. The van der Waals surface area contributed by atoms with Gasteiger partial charge in [-0.1, -0.05) is 11.3 Å². The molecule has 0 unspecified atom stereocenters. The molecule has 1 aliphatic rings. The predicted octanol–water partition coefficient (Wildman–Crippen LogP) is 3.59. The van der Waals surface area contributed by atoms with Gasteiger partial charge in [0.05, 0.1) is 23.7 Å². The Labute approximate surface area is 161 Å². The first-order chi connectivity index (χ1) is 13.4. The number of hydrogen-bond acceptors (Lipinski definition) is 8. The normalized spacial score (nSPS) is 13.7. The van der Waals surface area contributed by atoms with Gasteiger partial charge in [-0.3, -0.25) is 20.2 Å². The number of nitrogens with one attached hydrogen (secondary N) is 1. The fourth-order valence-electron chi connectivity index (χ4n) is 2.30. The molecule has 0 saturated heterocycles. The minimum atomic E-state index is -3.17. The fourth-order valence-corrected chi connectivity index (χ4v) is 3.21. The van der Waals surface area contributed by atoms with E-state index in [1.807, 2.05) is 0 Å². The lowest BCUT2D eigenvalue weighted by molar-refractivity contribution is -0.385.